The molecule has 1 rings (SSSR count). The van der Waals surface area contributed by atoms with Crippen LogP contribution in [0.25, 0.3) is 0 Å². The maximum atomic E-state index is 13.8. The molecule has 5 heteroatoms. The van der Waals surface area contributed by atoms with Gasteiger partial charge in [0.1, 0.15) is 11.6 Å². The number of nitrogens with one attached hydrogen (secondary N) is 1. The minimum absolute atomic E-state index is 0.0155. The number of halogens is 1. The summed E-state index contributed by atoms with van der Waals surface area (Å²) in [7, 11) is 3.44. The average Bonchev–Trinajstić information content (AvgIpc) is 2.45. The lowest BCUT2D eigenvalue weighted by Crippen LogP contribution is -2.14. The third-order valence-electron chi connectivity index (χ3n) is 3.00. The molecule has 1 aromatic carbocycles. The molecule has 0 spiro atoms. The second-order valence-corrected chi connectivity index (χ2v) is 4.50. The van der Waals surface area contributed by atoms with Crippen LogP contribution in [-0.4, -0.2) is 40.6 Å². The third kappa shape index (κ3) is 5.86. The van der Waals surface area contributed by atoms with Gasteiger partial charge in [-0.2, -0.15) is 0 Å². The van der Waals surface area contributed by atoms with Gasteiger partial charge in [-0.1, -0.05) is 6.07 Å². The fourth-order valence-corrected chi connectivity index (χ4v) is 1.70. The molecule has 0 heterocycles. The maximum absolute atomic E-state index is 13.8. The van der Waals surface area contributed by atoms with E-state index in [0.29, 0.717) is 37.7 Å². The fraction of sp³-hybridized carbons (Fsp3) is 0.600. The van der Waals surface area contributed by atoms with Crippen molar-refractivity contribution >= 4 is 0 Å². The van der Waals surface area contributed by atoms with Crippen LogP contribution in [0, 0.1) is 5.82 Å². The van der Waals surface area contributed by atoms with Crippen molar-refractivity contribution in [1.82, 2.24) is 5.32 Å². The lowest BCUT2D eigenvalue weighted by molar-refractivity contribution is 0.0644. The molecule has 0 saturated heterocycles. The molecule has 1 unspecified atom stereocenters. The van der Waals surface area contributed by atoms with Crippen molar-refractivity contribution in [2.24, 2.45) is 0 Å². The molecule has 0 saturated carbocycles. The van der Waals surface area contributed by atoms with Crippen molar-refractivity contribution in [3.8, 4) is 5.75 Å². The average molecular weight is 285 g/mol. The highest BCUT2D eigenvalue weighted by molar-refractivity contribution is 5.30. The highest BCUT2D eigenvalue weighted by atomic mass is 19.1. The second-order valence-electron chi connectivity index (χ2n) is 4.50. The molecule has 0 aliphatic rings. The minimum Gasteiger partial charge on any atom is -0.493 e. The SMILES string of the molecule is CNC(C)c1ccc(OCCCOCCOC)cc1F. The number of hydrogen-bond acceptors (Lipinski definition) is 4. The molecule has 0 fully saturated rings. The van der Waals surface area contributed by atoms with E-state index < -0.39 is 0 Å². The van der Waals surface area contributed by atoms with E-state index >= 15 is 0 Å². The van der Waals surface area contributed by atoms with Gasteiger partial charge in [0.25, 0.3) is 0 Å². The molecule has 114 valence electrons. The van der Waals surface area contributed by atoms with Crippen LogP contribution >= 0.6 is 0 Å². The topological polar surface area (TPSA) is 39.7 Å². The Kier molecular flexibility index (Phi) is 8.18. The summed E-state index contributed by atoms with van der Waals surface area (Å²) in [4.78, 5) is 0. The van der Waals surface area contributed by atoms with Crippen LogP contribution in [-0.2, 0) is 9.47 Å². The van der Waals surface area contributed by atoms with Crippen molar-refractivity contribution in [2.45, 2.75) is 19.4 Å². The number of rotatable bonds is 10. The Bertz CT molecular complexity index is 387. The monoisotopic (exact) mass is 285 g/mol. The van der Waals surface area contributed by atoms with Gasteiger partial charge in [-0.05, 0) is 20.0 Å². The molecule has 1 N–H and O–H groups in total. The van der Waals surface area contributed by atoms with Crippen LogP contribution in [0.1, 0.15) is 24.9 Å². The summed E-state index contributed by atoms with van der Waals surface area (Å²) in [6.07, 6.45) is 0.764. The van der Waals surface area contributed by atoms with Crippen molar-refractivity contribution in [2.75, 3.05) is 40.6 Å². The van der Waals surface area contributed by atoms with Gasteiger partial charge in [0, 0.05) is 37.8 Å². The highest BCUT2D eigenvalue weighted by Gasteiger charge is 2.09. The molecule has 4 nitrogen and oxygen atoms in total. The fourth-order valence-electron chi connectivity index (χ4n) is 1.70. The molecule has 20 heavy (non-hydrogen) atoms. The Hall–Kier alpha value is -1.17. The summed E-state index contributed by atoms with van der Waals surface area (Å²) in [5, 5.41) is 3.01. The van der Waals surface area contributed by atoms with Gasteiger partial charge in [0.2, 0.25) is 0 Å². The van der Waals surface area contributed by atoms with E-state index in [1.54, 1.807) is 26.3 Å². The number of ether oxygens (including phenoxy) is 3. The Morgan fingerprint density at radius 2 is 2.00 bits per heavy atom. The van der Waals surface area contributed by atoms with Gasteiger partial charge in [0.05, 0.1) is 19.8 Å². The second kappa shape index (κ2) is 9.69. The van der Waals surface area contributed by atoms with Crippen molar-refractivity contribution in [3.63, 3.8) is 0 Å². The lowest BCUT2D eigenvalue weighted by Gasteiger charge is -2.13. The summed E-state index contributed by atoms with van der Waals surface area (Å²) in [5.41, 5.74) is 0.641. The first-order valence-electron chi connectivity index (χ1n) is 6.85. The van der Waals surface area contributed by atoms with Crippen molar-refractivity contribution in [1.29, 1.82) is 0 Å². The summed E-state index contributed by atoms with van der Waals surface area (Å²) in [6, 6.07) is 4.95. The minimum atomic E-state index is -0.249. The number of hydrogen-bond donors (Lipinski definition) is 1. The van der Waals surface area contributed by atoms with Gasteiger partial charge in [-0.3, -0.25) is 0 Å². The molecule has 0 aliphatic heterocycles. The summed E-state index contributed by atoms with van der Waals surface area (Å²) >= 11 is 0. The van der Waals surface area contributed by atoms with E-state index in [9.17, 15) is 4.39 Å². The third-order valence-corrected chi connectivity index (χ3v) is 3.00. The van der Waals surface area contributed by atoms with Gasteiger partial charge in [-0.15, -0.1) is 0 Å². The summed E-state index contributed by atoms with van der Waals surface area (Å²) in [5.74, 6) is 0.298. The molecular formula is C15H24FNO3. The van der Waals surface area contributed by atoms with Gasteiger partial charge >= 0.3 is 0 Å². The van der Waals surface area contributed by atoms with E-state index in [-0.39, 0.29) is 11.9 Å². The molecule has 0 aliphatic carbocycles. The standard InChI is InChI=1S/C15H24FNO3/c1-12(17-2)14-6-5-13(11-15(14)16)20-8-4-7-19-10-9-18-3/h5-6,11-12,17H,4,7-10H2,1-3H3. The first kappa shape index (κ1) is 16.9. The molecule has 0 amide bonds. The first-order chi connectivity index (χ1) is 9.69. The van der Waals surface area contributed by atoms with E-state index in [1.165, 1.54) is 6.07 Å². The summed E-state index contributed by atoms with van der Waals surface area (Å²) < 4.78 is 29.5. The van der Waals surface area contributed by atoms with Crippen LogP contribution in [0.15, 0.2) is 18.2 Å². The lowest BCUT2D eigenvalue weighted by atomic mass is 10.1. The first-order valence-corrected chi connectivity index (χ1v) is 6.85. The highest BCUT2D eigenvalue weighted by Crippen LogP contribution is 2.21. The zero-order chi connectivity index (χ0) is 14.8. The number of benzene rings is 1. The number of methoxy groups -OCH3 is 1. The largest absolute Gasteiger partial charge is 0.493 e. The summed E-state index contributed by atoms with van der Waals surface area (Å²) in [6.45, 7) is 4.21. The van der Waals surface area contributed by atoms with E-state index in [1.807, 2.05) is 6.92 Å². The van der Waals surface area contributed by atoms with Gasteiger partial charge in [0.15, 0.2) is 0 Å². The zero-order valence-corrected chi connectivity index (χ0v) is 12.4. The zero-order valence-electron chi connectivity index (χ0n) is 12.4. The van der Waals surface area contributed by atoms with Crippen molar-refractivity contribution in [3.05, 3.63) is 29.6 Å². The van der Waals surface area contributed by atoms with Gasteiger partial charge in [-0.25, -0.2) is 4.39 Å². The molecule has 0 aromatic heterocycles. The predicted molar refractivity (Wildman–Crippen MR) is 76.7 cm³/mol. The van der Waals surface area contributed by atoms with Crippen molar-refractivity contribution < 1.29 is 18.6 Å². The van der Waals surface area contributed by atoms with E-state index in [2.05, 4.69) is 5.32 Å². The Morgan fingerprint density at radius 1 is 1.20 bits per heavy atom. The molecular weight excluding hydrogens is 261 g/mol. The smallest absolute Gasteiger partial charge is 0.131 e. The molecule has 0 radical (unpaired) electrons. The van der Waals surface area contributed by atoms with E-state index in [0.717, 1.165) is 6.42 Å². The normalized spacial score (nSPS) is 12.4. The van der Waals surface area contributed by atoms with E-state index in [4.69, 9.17) is 14.2 Å². The van der Waals surface area contributed by atoms with Gasteiger partial charge < -0.3 is 19.5 Å². The Balaban J connectivity index is 2.29. The van der Waals surface area contributed by atoms with Crippen LogP contribution < -0.4 is 10.1 Å². The molecule has 1 aromatic rings. The Labute approximate surface area is 120 Å². The predicted octanol–water partition coefficient (Wildman–Crippen LogP) is 2.54. The van der Waals surface area contributed by atoms with Crippen LogP contribution in [0.4, 0.5) is 4.39 Å². The van der Waals surface area contributed by atoms with Crippen LogP contribution in [0.5, 0.6) is 5.75 Å². The molecule has 0 bridgehead atoms. The van der Waals surface area contributed by atoms with Crippen LogP contribution in [0.3, 0.4) is 0 Å². The molecule has 1 atom stereocenters. The quantitative estimate of drug-likeness (QED) is 0.671. The van der Waals surface area contributed by atoms with Crippen LogP contribution in [0.2, 0.25) is 0 Å². The Morgan fingerprint density at radius 3 is 2.65 bits per heavy atom. The maximum Gasteiger partial charge on any atom is 0.131 e.